The lowest BCUT2D eigenvalue weighted by atomic mass is 10.1. The number of aromatic nitrogens is 1. The van der Waals surface area contributed by atoms with E-state index in [1.54, 1.807) is 18.2 Å². The first kappa shape index (κ1) is 12.9. The number of carboxylic acid groups (broad SMARTS) is 1. The number of methoxy groups -OCH3 is 1. The minimum Gasteiger partial charge on any atom is -0.478 e. The lowest BCUT2D eigenvalue weighted by Gasteiger charge is -2.00. The maximum Gasteiger partial charge on any atom is 0.337 e. The number of hydrogen-bond donors (Lipinski definition) is 1. The van der Waals surface area contributed by atoms with Gasteiger partial charge in [0, 0.05) is 35.8 Å². The molecule has 0 fully saturated rings. The topological polar surface area (TPSA) is 68.5 Å². The minimum atomic E-state index is -1.01. The molecular weight excluding hydrogens is 246 g/mol. The van der Waals surface area contributed by atoms with Crippen LogP contribution in [-0.2, 0) is 16.6 Å². The Morgan fingerprint density at radius 1 is 1.37 bits per heavy atom. The predicted molar refractivity (Wildman–Crippen MR) is 70.9 cm³/mol. The largest absolute Gasteiger partial charge is 0.478 e. The van der Waals surface area contributed by atoms with E-state index in [1.807, 2.05) is 17.8 Å². The molecule has 5 heteroatoms. The molecule has 1 aromatic heterocycles. The van der Waals surface area contributed by atoms with Crippen molar-refractivity contribution in [3.63, 3.8) is 0 Å². The highest BCUT2D eigenvalue weighted by Gasteiger charge is 2.10. The van der Waals surface area contributed by atoms with Crippen LogP contribution in [0.15, 0.2) is 30.5 Å². The summed E-state index contributed by atoms with van der Waals surface area (Å²) in [4.78, 5) is 22.1. The van der Waals surface area contributed by atoms with E-state index in [2.05, 4.69) is 4.74 Å². The quantitative estimate of drug-likeness (QED) is 0.676. The zero-order valence-corrected chi connectivity index (χ0v) is 10.6. The molecule has 0 aliphatic carbocycles. The Balaban J connectivity index is 2.58. The van der Waals surface area contributed by atoms with Crippen molar-refractivity contribution >= 4 is 28.9 Å². The number of esters is 1. The maximum absolute atomic E-state index is 11.5. The maximum atomic E-state index is 11.5. The number of hydrogen-bond acceptors (Lipinski definition) is 3. The molecular formula is C14H13NO4. The fourth-order valence-corrected chi connectivity index (χ4v) is 1.96. The highest BCUT2D eigenvalue weighted by Crippen LogP contribution is 2.23. The highest BCUT2D eigenvalue weighted by molar-refractivity contribution is 5.99. The normalized spacial score (nSPS) is 11.1. The Morgan fingerprint density at radius 3 is 2.74 bits per heavy atom. The molecule has 2 rings (SSSR count). The number of benzene rings is 1. The molecule has 0 aliphatic rings. The van der Waals surface area contributed by atoms with Crippen LogP contribution in [0.25, 0.3) is 17.0 Å². The van der Waals surface area contributed by atoms with Gasteiger partial charge in [-0.1, -0.05) is 0 Å². The third kappa shape index (κ3) is 2.49. The van der Waals surface area contributed by atoms with Gasteiger partial charge in [0.25, 0.3) is 0 Å². The van der Waals surface area contributed by atoms with Gasteiger partial charge in [0.05, 0.1) is 12.7 Å². The van der Waals surface area contributed by atoms with E-state index in [1.165, 1.54) is 13.2 Å². The van der Waals surface area contributed by atoms with Gasteiger partial charge in [-0.05, 0) is 24.3 Å². The molecule has 0 saturated carbocycles. The van der Waals surface area contributed by atoms with E-state index < -0.39 is 11.9 Å². The van der Waals surface area contributed by atoms with E-state index in [-0.39, 0.29) is 0 Å². The first-order chi connectivity index (χ1) is 9.02. The van der Waals surface area contributed by atoms with Gasteiger partial charge in [0.1, 0.15) is 0 Å². The number of aliphatic carboxylic acids is 1. The Hall–Kier alpha value is -2.56. The summed E-state index contributed by atoms with van der Waals surface area (Å²) in [5.41, 5.74) is 2.09. The number of ether oxygens (including phenoxy) is 1. The summed E-state index contributed by atoms with van der Waals surface area (Å²) in [6, 6.07) is 5.18. The summed E-state index contributed by atoms with van der Waals surface area (Å²) in [6.07, 6.45) is 4.39. The number of carboxylic acids is 1. The third-order valence-electron chi connectivity index (χ3n) is 2.85. The standard InChI is InChI=1S/C14H13NO4/c1-15-8-10(4-6-13(16)17)11-7-9(14(18)19-2)3-5-12(11)15/h3-8H,1-2H3,(H,16,17)/b6-4-. The summed E-state index contributed by atoms with van der Waals surface area (Å²) in [5, 5.41) is 9.48. The molecule has 0 atom stereocenters. The number of carbonyl (C=O) groups excluding carboxylic acids is 1. The van der Waals surface area contributed by atoms with Crippen LogP contribution in [-0.4, -0.2) is 28.7 Å². The highest BCUT2D eigenvalue weighted by atomic mass is 16.5. The third-order valence-corrected chi connectivity index (χ3v) is 2.85. The second-order valence-corrected chi connectivity index (χ2v) is 4.09. The van der Waals surface area contributed by atoms with Gasteiger partial charge in [-0.3, -0.25) is 0 Å². The van der Waals surface area contributed by atoms with Crippen LogP contribution in [0, 0.1) is 0 Å². The number of aryl methyl sites for hydroxylation is 1. The van der Waals surface area contributed by atoms with Crippen molar-refractivity contribution in [2.24, 2.45) is 7.05 Å². The molecule has 1 N–H and O–H groups in total. The molecule has 0 radical (unpaired) electrons. The monoisotopic (exact) mass is 259 g/mol. The number of carbonyl (C=O) groups is 2. The number of fused-ring (bicyclic) bond motifs is 1. The van der Waals surface area contributed by atoms with E-state index in [0.29, 0.717) is 5.56 Å². The van der Waals surface area contributed by atoms with Crippen LogP contribution >= 0.6 is 0 Å². The first-order valence-corrected chi connectivity index (χ1v) is 5.61. The SMILES string of the molecule is COC(=O)c1ccc2c(c1)c(/C=C\C(=O)O)cn2C. The molecule has 1 aromatic carbocycles. The van der Waals surface area contributed by atoms with Crippen molar-refractivity contribution in [3.05, 3.63) is 41.6 Å². The molecule has 0 bridgehead atoms. The summed E-state index contributed by atoms with van der Waals surface area (Å²) < 4.78 is 6.55. The van der Waals surface area contributed by atoms with Crippen molar-refractivity contribution in [1.29, 1.82) is 0 Å². The van der Waals surface area contributed by atoms with Crippen LogP contribution in [0.3, 0.4) is 0 Å². The molecule has 2 aromatic rings. The van der Waals surface area contributed by atoms with Crippen molar-refractivity contribution in [2.75, 3.05) is 7.11 Å². The Bertz CT molecular complexity index is 682. The van der Waals surface area contributed by atoms with E-state index in [4.69, 9.17) is 5.11 Å². The number of rotatable bonds is 3. The van der Waals surface area contributed by atoms with Gasteiger partial charge >= 0.3 is 11.9 Å². The molecule has 0 spiro atoms. The van der Waals surface area contributed by atoms with Crippen LogP contribution < -0.4 is 0 Å². The fourth-order valence-electron chi connectivity index (χ4n) is 1.96. The van der Waals surface area contributed by atoms with Gasteiger partial charge in [-0.25, -0.2) is 9.59 Å². The average molecular weight is 259 g/mol. The average Bonchev–Trinajstić information content (AvgIpc) is 2.71. The molecule has 19 heavy (non-hydrogen) atoms. The van der Waals surface area contributed by atoms with Gasteiger partial charge < -0.3 is 14.4 Å². The van der Waals surface area contributed by atoms with Crippen molar-refractivity contribution < 1.29 is 19.4 Å². The Morgan fingerprint density at radius 2 is 2.11 bits per heavy atom. The lowest BCUT2D eigenvalue weighted by molar-refractivity contribution is -0.131. The second-order valence-electron chi connectivity index (χ2n) is 4.09. The van der Waals surface area contributed by atoms with Crippen LogP contribution in [0.4, 0.5) is 0 Å². The van der Waals surface area contributed by atoms with Gasteiger partial charge in [0.2, 0.25) is 0 Å². The van der Waals surface area contributed by atoms with E-state index >= 15 is 0 Å². The molecule has 0 aliphatic heterocycles. The molecule has 0 saturated heterocycles. The lowest BCUT2D eigenvalue weighted by Crippen LogP contribution is -2.00. The van der Waals surface area contributed by atoms with E-state index in [9.17, 15) is 9.59 Å². The van der Waals surface area contributed by atoms with E-state index in [0.717, 1.165) is 22.5 Å². The summed E-state index contributed by atoms with van der Waals surface area (Å²) >= 11 is 0. The zero-order valence-electron chi connectivity index (χ0n) is 10.6. The summed E-state index contributed by atoms with van der Waals surface area (Å²) in [7, 11) is 3.18. The smallest absolute Gasteiger partial charge is 0.337 e. The fraction of sp³-hybridized carbons (Fsp3) is 0.143. The Labute approximate surface area is 109 Å². The zero-order chi connectivity index (χ0) is 14.0. The van der Waals surface area contributed by atoms with Crippen LogP contribution in [0.1, 0.15) is 15.9 Å². The molecule has 1 heterocycles. The number of nitrogens with zero attached hydrogens (tertiary/aromatic N) is 1. The molecule has 5 nitrogen and oxygen atoms in total. The van der Waals surface area contributed by atoms with Crippen molar-refractivity contribution in [1.82, 2.24) is 4.57 Å². The van der Waals surface area contributed by atoms with Gasteiger partial charge in [-0.2, -0.15) is 0 Å². The second kappa shape index (κ2) is 4.97. The van der Waals surface area contributed by atoms with Crippen LogP contribution in [0.2, 0.25) is 0 Å². The van der Waals surface area contributed by atoms with Crippen molar-refractivity contribution in [2.45, 2.75) is 0 Å². The summed E-state index contributed by atoms with van der Waals surface area (Å²) in [6.45, 7) is 0. The Kier molecular flexibility index (Phi) is 3.37. The van der Waals surface area contributed by atoms with Crippen molar-refractivity contribution in [3.8, 4) is 0 Å². The molecule has 0 amide bonds. The van der Waals surface area contributed by atoms with Gasteiger partial charge in [-0.15, -0.1) is 0 Å². The molecule has 98 valence electrons. The summed E-state index contributed by atoms with van der Waals surface area (Å²) in [5.74, 6) is -1.43. The predicted octanol–water partition coefficient (Wildman–Crippen LogP) is 2.06. The van der Waals surface area contributed by atoms with Gasteiger partial charge in [0.15, 0.2) is 0 Å². The van der Waals surface area contributed by atoms with Crippen LogP contribution in [0.5, 0.6) is 0 Å². The first-order valence-electron chi connectivity index (χ1n) is 5.61. The molecule has 0 unspecified atom stereocenters. The minimum absolute atomic E-state index is 0.418.